The molecular formula is C15H21FN2O. The van der Waals surface area contributed by atoms with Crippen molar-refractivity contribution in [1.29, 1.82) is 0 Å². The fourth-order valence-corrected chi connectivity index (χ4v) is 3.33. The number of hydrogen-bond acceptors (Lipinski definition) is 3. The first-order valence-corrected chi connectivity index (χ1v) is 7.11. The molecule has 0 spiro atoms. The first-order valence-electron chi connectivity index (χ1n) is 7.11. The van der Waals surface area contributed by atoms with E-state index in [1.165, 1.54) is 25.0 Å². The zero-order valence-electron chi connectivity index (χ0n) is 11.1. The molecule has 1 saturated carbocycles. The van der Waals surface area contributed by atoms with Gasteiger partial charge >= 0.3 is 0 Å². The van der Waals surface area contributed by atoms with E-state index in [1.807, 2.05) is 6.07 Å². The lowest BCUT2D eigenvalue weighted by Crippen LogP contribution is -2.50. The van der Waals surface area contributed by atoms with Crippen LogP contribution in [0.5, 0.6) is 0 Å². The number of benzene rings is 1. The Labute approximate surface area is 113 Å². The highest BCUT2D eigenvalue weighted by molar-refractivity contribution is 5.20. The minimum Gasteiger partial charge on any atom is -0.375 e. The Morgan fingerprint density at radius 1 is 1.42 bits per heavy atom. The van der Waals surface area contributed by atoms with Crippen molar-refractivity contribution in [3.8, 4) is 0 Å². The fourth-order valence-electron chi connectivity index (χ4n) is 3.33. The summed E-state index contributed by atoms with van der Waals surface area (Å²) in [4.78, 5) is 2.43. The maximum absolute atomic E-state index is 13.2. The molecule has 0 bridgehead atoms. The molecule has 104 valence electrons. The summed E-state index contributed by atoms with van der Waals surface area (Å²) in [6.07, 6.45) is 3.98. The molecule has 1 aliphatic carbocycles. The predicted molar refractivity (Wildman–Crippen MR) is 72.3 cm³/mol. The molecule has 19 heavy (non-hydrogen) atoms. The van der Waals surface area contributed by atoms with Crippen LogP contribution in [0.25, 0.3) is 0 Å². The van der Waals surface area contributed by atoms with Gasteiger partial charge in [0.1, 0.15) is 5.82 Å². The molecule has 0 radical (unpaired) electrons. The quantitative estimate of drug-likeness (QED) is 0.908. The Morgan fingerprint density at radius 3 is 3.16 bits per heavy atom. The molecular weight excluding hydrogens is 243 g/mol. The van der Waals surface area contributed by atoms with E-state index in [-0.39, 0.29) is 11.9 Å². The van der Waals surface area contributed by atoms with E-state index in [4.69, 9.17) is 10.5 Å². The second kappa shape index (κ2) is 5.57. The predicted octanol–water partition coefficient (Wildman–Crippen LogP) is 2.08. The molecule has 0 aromatic heterocycles. The first-order chi connectivity index (χ1) is 9.24. The smallest absolute Gasteiger partial charge is 0.123 e. The molecule has 3 atom stereocenters. The van der Waals surface area contributed by atoms with Crippen molar-refractivity contribution in [3.05, 3.63) is 35.6 Å². The third-order valence-corrected chi connectivity index (χ3v) is 4.31. The molecule has 4 heteroatoms. The van der Waals surface area contributed by atoms with Crippen molar-refractivity contribution in [3.63, 3.8) is 0 Å². The zero-order valence-corrected chi connectivity index (χ0v) is 11.1. The highest BCUT2D eigenvalue weighted by Gasteiger charge is 2.36. The summed E-state index contributed by atoms with van der Waals surface area (Å²) in [6.45, 7) is 2.51. The Morgan fingerprint density at radius 2 is 2.32 bits per heavy atom. The topological polar surface area (TPSA) is 38.5 Å². The standard InChI is InChI=1S/C15H21FN2O/c16-12-4-1-3-11(9-12)13(17)10-18-7-8-19-15-6-2-5-14(15)18/h1,3-4,9,13-15H,2,5-8,10,17H2. The van der Waals surface area contributed by atoms with Gasteiger partial charge in [-0.1, -0.05) is 12.1 Å². The van der Waals surface area contributed by atoms with E-state index < -0.39 is 0 Å². The van der Waals surface area contributed by atoms with E-state index in [1.54, 1.807) is 6.07 Å². The maximum atomic E-state index is 13.2. The van der Waals surface area contributed by atoms with Crippen LogP contribution >= 0.6 is 0 Å². The highest BCUT2D eigenvalue weighted by atomic mass is 19.1. The average Bonchev–Trinajstić information content (AvgIpc) is 2.88. The lowest BCUT2D eigenvalue weighted by atomic mass is 10.0. The van der Waals surface area contributed by atoms with Gasteiger partial charge in [0.05, 0.1) is 12.7 Å². The van der Waals surface area contributed by atoms with Gasteiger partial charge in [-0.15, -0.1) is 0 Å². The second-order valence-electron chi connectivity index (χ2n) is 5.56. The summed E-state index contributed by atoms with van der Waals surface area (Å²) >= 11 is 0. The van der Waals surface area contributed by atoms with Gasteiger partial charge in [0.15, 0.2) is 0 Å². The van der Waals surface area contributed by atoms with Crippen molar-refractivity contribution in [2.45, 2.75) is 37.5 Å². The van der Waals surface area contributed by atoms with Crippen LogP contribution in [0, 0.1) is 5.82 Å². The van der Waals surface area contributed by atoms with Crippen molar-refractivity contribution in [1.82, 2.24) is 4.90 Å². The molecule has 3 unspecified atom stereocenters. The molecule has 1 heterocycles. The summed E-state index contributed by atoms with van der Waals surface area (Å²) in [7, 11) is 0. The molecule has 0 amide bonds. The van der Waals surface area contributed by atoms with Crippen molar-refractivity contribution < 1.29 is 9.13 Å². The SMILES string of the molecule is NC(CN1CCOC2CCCC21)c1cccc(F)c1. The van der Waals surface area contributed by atoms with Gasteiger partial charge in [-0.05, 0) is 37.0 Å². The van der Waals surface area contributed by atoms with Crippen LogP contribution in [0.4, 0.5) is 4.39 Å². The van der Waals surface area contributed by atoms with Crippen LogP contribution in [0.15, 0.2) is 24.3 Å². The summed E-state index contributed by atoms with van der Waals surface area (Å²) in [6, 6.07) is 7.00. The number of hydrogen-bond donors (Lipinski definition) is 1. The fraction of sp³-hybridized carbons (Fsp3) is 0.600. The molecule has 1 saturated heterocycles. The minimum atomic E-state index is -0.214. The Hall–Kier alpha value is -0.970. The van der Waals surface area contributed by atoms with Gasteiger partial charge in [0.2, 0.25) is 0 Å². The molecule has 1 aromatic carbocycles. The number of fused-ring (bicyclic) bond motifs is 1. The van der Waals surface area contributed by atoms with E-state index in [0.717, 1.165) is 31.7 Å². The van der Waals surface area contributed by atoms with Crippen LogP contribution in [-0.2, 0) is 4.74 Å². The number of rotatable bonds is 3. The third kappa shape index (κ3) is 2.81. The van der Waals surface area contributed by atoms with Gasteiger partial charge < -0.3 is 10.5 Å². The zero-order chi connectivity index (χ0) is 13.2. The first kappa shape index (κ1) is 13.0. The minimum absolute atomic E-state index is 0.130. The van der Waals surface area contributed by atoms with E-state index >= 15 is 0 Å². The number of nitrogens with zero attached hydrogens (tertiary/aromatic N) is 1. The van der Waals surface area contributed by atoms with Gasteiger partial charge in [0, 0.05) is 25.2 Å². The van der Waals surface area contributed by atoms with Crippen molar-refractivity contribution in [2.75, 3.05) is 19.7 Å². The average molecular weight is 264 g/mol. The van der Waals surface area contributed by atoms with Gasteiger partial charge in [-0.25, -0.2) is 4.39 Å². The van der Waals surface area contributed by atoms with Crippen LogP contribution < -0.4 is 5.73 Å². The monoisotopic (exact) mass is 264 g/mol. The van der Waals surface area contributed by atoms with Crippen molar-refractivity contribution in [2.24, 2.45) is 5.73 Å². The third-order valence-electron chi connectivity index (χ3n) is 4.31. The van der Waals surface area contributed by atoms with E-state index in [0.29, 0.717) is 12.1 Å². The van der Waals surface area contributed by atoms with Crippen LogP contribution in [-0.4, -0.2) is 36.7 Å². The van der Waals surface area contributed by atoms with Crippen molar-refractivity contribution >= 4 is 0 Å². The van der Waals surface area contributed by atoms with E-state index in [9.17, 15) is 4.39 Å². The molecule has 2 aliphatic rings. The second-order valence-corrected chi connectivity index (χ2v) is 5.56. The van der Waals surface area contributed by atoms with Gasteiger partial charge in [-0.3, -0.25) is 4.90 Å². The summed E-state index contributed by atoms with van der Waals surface area (Å²) in [5, 5.41) is 0. The number of halogens is 1. The Bertz CT molecular complexity index is 440. The maximum Gasteiger partial charge on any atom is 0.123 e. The Kier molecular flexibility index (Phi) is 3.82. The summed E-state index contributed by atoms with van der Waals surface area (Å²) in [5.74, 6) is -0.214. The molecule has 2 N–H and O–H groups in total. The van der Waals surface area contributed by atoms with Gasteiger partial charge in [0.25, 0.3) is 0 Å². The number of ether oxygens (including phenoxy) is 1. The van der Waals surface area contributed by atoms with Crippen LogP contribution in [0.1, 0.15) is 30.9 Å². The molecule has 3 rings (SSSR count). The lowest BCUT2D eigenvalue weighted by Gasteiger charge is -2.39. The normalized spacial score (nSPS) is 29.2. The van der Waals surface area contributed by atoms with Gasteiger partial charge in [-0.2, -0.15) is 0 Å². The molecule has 3 nitrogen and oxygen atoms in total. The Balaban J connectivity index is 1.67. The number of morpholine rings is 1. The summed E-state index contributed by atoms with van der Waals surface area (Å²) in [5.41, 5.74) is 7.10. The van der Waals surface area contributed by atoms with E-state index in [2.05, 4.69) is 4.90 Å². The molecule has 1 aliphatic heterocycles. The lowest BCUT2D eigenvalue weighted by molar-refractivity contribution is -0.0572. The van der Waals surface area contributed by atoms with Crippen LogP contribution in [0.2, 0.25) is 0 Å². The number of nitrogens with two attached hydrogens (primary N) is 1. The largest absolute Gasteiger partial charge is 0.375 e. The molecule has 1 aromatic rings. The summed E-state index contributed by atoms with van der Waals surface area (Å²) < 4.78 is 19.0. The van der Waals surface area contributed by atoms with Crippen LogP contribution in [0.3, 0.4) is 0 Å². The highest BCUT2D eigenvalue weighted by Crippen LogP contribution is 2.30. The molecule has 2 fully saturated rings.